The van der Waals surface area contributed by atoms with Gasteiger partial charge in [-0.15, -0.1) is 0 Å². The third-order valence-corrected chi connectivity index (χ3v) is 3.80. The van der Waals surface area contributed by atoms with Gasteiger partial charge in [0.05, 0.1) is 6.10 Å². The number of hydrogen-bond donors (Lipinski definition) is 1. The van der Waals surface area contributed by atoms with Crippen molar-refractivity contribution in [2.45, 2.75) is 18.9 Å². The molecule has 23 heavy (non-hydrogen) atoms. The third-order valence-electron chi connectivity index (χ3n) is 3.80. The highest BCUT2D eigenvalue weighted by molar-refractivity contribution is 5.97. The normalized spacial score (nSPS) is 17.7. The summed E-state index contributed by atoms with van der Waals surface area (Å²) < 4.78 is 32.6. The lowest BCUT2D eigenvalue weighted by atomic mass is 10.1. The molecular weight excluding hydrogens is 306 g/mol. The number of rotatable bonds is 6. The van der Waals surface area contributed by atoms with Crippen LogP contribution in [0, 0.1) is 11.6 Å². The Kier molecular flexibility index (Phi) is 5.90. The zero-order chi connectivity index (χ0) is 17.0. The van der Waals surface area contributed by atoms with Crippen molar-refractivity contribution in [3.63, 3.8) is 0 Å². The minimum absolute atomic E-state index is 0.0910. The minimum Gasteiger partial charge on any atom is -0.507 e. The number of benzene rings is 1. The lowest BCUT2D eigenvalue weighted by Gasteiger charge is -2.27. The van der Waals surface area contributed by atoms with E-state index < -0.39 is 28.9 Å². The smallest absolute Gasteiger partial charge is 0.260 e. The summed E-state index contributed by atoms with van der Waals surface area (Å²) in [6.45, 7) is 1.92. The van der Waals surface area contributed by atoms with Crippen LogP contribution in [0.3, 0.4) is 0 Å². The van der Waals surface area contributed by atoms with E-state index in [9.17, 15) is 18.7 Å². The number of phenols is 1. The molecule has 128 valence electrons. The van der Waals surface area contributed by atoms with Gasteiger partial charge in [-0.3, -0.25) is 4.79 Å². The van der Waals surface area contributed by atoms with E-state index in [-0.39, 0.29) is 6.10 Å². The molecule has 2 rings (SSSR count). The number of likely N-dealkylation sites (N-methyl/N-ethyl adjacent to an activating group) is 1. The van der Waals surface area contributed by atoms with Gasteiger partial charge in [-0.1, -0.05) is 0 Å². The van der Waals surface area contributed by atoms with Crippen LogP contribution in [0.4, 0.5) is 8.78 Å². The van der Waals surface area contributed by atoms with Crippen molar-refractivity contribution >= 4 is 5.91 Å². The summed E-state index contributed by atoms with van der Waals surface area (Å²) in [5.41, 5.74) is -0.497. The first-order chi connectivity index (χ1) is 10.9. The summed E-state index contributed by atoms with van der Waals surface area (Å²) in [6.07, 6.45) is 1.67. The molecule has 0 aromatic heterocycles. The van der Waals surface area contributed by atoms with E-state index in [1.54, 1.807) is 0 Å². The standard InChI is InChI=1S/C16H22F2N2O3/c1-19(2)5-6-20(10-12-4-3-7-23-12)16(22)15-13(18)8-11(17)9-14(15)21/h8-9,12,21H,3-7,10H2,1-2H3/t12-/m1/s1. The Labute approximate surface area is 134 Å². The van der Waals surface area contributed by atoms with Crippen LogP contribution in [0.25, 0.3) is 0 Å². The Morgan fingerprint density at radius 3 is 2.65 bits per heavy atom. The predicted molar refractivity (Wildman–Crippen MR) is 81.5 cm³/mol. The molecule has 0 radical (unpaired) electrons. The Morgan fingerprint density at radius 2 is 2.09 bits per heavy atom. The fraction of sp³-hybridized carbons (Fsp3) is 0.562. The maximum Gasteiger partial charge on any atom is 0.260 e. The number of hydrogen-bond acceptors (Lipinski definition) is 4. The van der Waals surface area contributed by atoms with Gasteiger partial charge in [-0.25, -0.2) is 8.78 Å². The van der Waals surface area contributed by atoms with Gasteiger partial charge >= 0.3 is 0 Å². The Hall–Kier alpha value is -1.73. The molecule has 0 spiro atoms. The van der Waals surface area contributed by atoms with Crippen molar-refractivity contribution in [3.05, 3.63) is 29.3 Å². The highest BCUT2D eigenvalue weighted by Crippen LogP contribution is 2.24. The number of carbonyl (C=O) groups is 1. The van der Waals surface area contributed by atoms with Gasteiger partial charge in [0, 0.05) is 38.4 Å². The molecule has 1 atom stereocenters. The van der Waals surface area contributed by atoms with Crippen molar-refractivity contribution in [3.8, 4) is 5.75 Å². The van der Waals surface area contributed by atoms with E-state index in [0.29, 0.717) is 32.3 Å². The van der Waals surface area contributed by atoms with E-state index in [2.05, 4.69) is 0 Å². The van der Waals surface area contributed by atoms with Crippen molar-refractivity contribution in [2.75, 3.05) is 40.3 Å². The highest BCUT2D eigenvalue weighted by Gasteiger charge is 2.27. The van der Waals surface area contributed by atoms with Crippen LogP contribution in [0.2, 0.25) is 0 Å². The fourth-order valence-corrected chi connectivity index (χ4v) is 2.56. The monoisotopic (exact) mass is 328 g/mol. The van der Waals surface area contributed by atoms with Crippen LogP contribution in [-0.2, 0) is 4.74 Å². The Morgan fingerprint density at radius 1 is 1.35 bits per heavy atom. The summed E-state index contributed by atoms with van der Waals surface area (Å²) in [5, 5.41) is 9.76. The summed E-state index contributed by atoms with van der Waals surface area (Å²) in [7, 11) is 3.73. The van der Waals surface area contributed by atoms with Gasteiger partial charge in [0.25, 0.3) is 5.91 Å². The second-order valence-corrected chi connectivity index (χ2v) is 5.97. The van der Waals surface area contributed by atoms with Gasteiger partial charge in [0.1, 0.15) is 22.9 Å². The van der Waals surface area contributed by atoms with Gasteiger partial charge in [-0.05, 0) is 26.9 Å². The molecular formula is C16H22F2N2O3. The van der Waals surface area contributed by atoms with E-state index >= 15 is 0 Å². The minimum atomic E-state index is -1.06. The van der Waals surface area contributed by atoms with E-state index in [1.807, 2.05) is 19.0 Å². The average Bonchev–Trinajstić information content (AvgIpc) is 2.94. The SMILES string of the molecule is CN(C)CCN(C[C@H]1CCCO1)C(=O)c1c(O)cc(F)cc1F. The molecule has 1 aromatic rings. The molecule has 1 saturated heterocycles. The van der Waals surface area contributed by atoms with Gasteiger partial charge in [-0.2, -0.15) is 0 Å². The van der Waals surface area contributed by atoms with E-state index in [1.165, 1.54) is 4.90 Å². The first kappa shape index (κ1) is 17.6. The number of nitrogens with zero attached hydrogens (tertiary/aromatic N) is 2. The molecule has 0 unspecified atom stereocenters. The summed E-state index contributed by atoms with van der Waals surface area (Å²) in [4.78, 5) is 16.0. The molecule has 7 heteroatoms. The summed E-state index contributed by atoms with van der Waals surface area (Å²) in [5.74, 6) is -3.32. The van der Waals surface area contributed by atoms with E-state index in [0.717, 1.165) is 18.9 Å². The van der Waals surface area contributed by atoms with Crippen LogP contribution < -0.4 is 0 Å². The number of carbonyl (C=O) groups excluding carboxylic acids is 1. The van der Waals surface area contributed by atoms with Crippen LogP contribution in [0.15, 0.2) is 12.1 Å². The second-order valence-electron chi connectivity index (χ2n) is 5.97. The van der Waals surface area contributed by atoms with Crippen molar-refractivity contribution < 1.29 is 23.4 Å². The van der Waals surface area contributed by atoms with Crippen molar-refractivity contribution in [2.24, 2.45) is 0 Å². The molecule has 1 aromatic carbocycles. The number of aromatic hydroxyl groups is 1. The topological polar surface area (TPSA) is 53.0 Å². The maximum absolute atomic E-state index is 13.9. The lowest BCUT2D eigenvalue weighted by molar-refractivity contribution is 0.0506. The third kappa shape index (κ3) is 4.62. The molecule has 1 heterocycles. The molecule has 1 aliphatic rings. The zero-order valence-electron chi connectivity index (χ0n) is 13.4. The summed E-state index contributed by atoms with van der Waals surface area (Å²) in [6, 6.07) is 1.34. The lowest BCUT2D eigenvalue weighted by Crippen LogP contribution is -2.41. The molecule has 1 N–H and O–H groups in total. The van der Waals surface area contributed by atoms with Crippen LogP contribution in [0.1, 0.15) is 23.2 Å². The predicted octanol–water partition coefficient (Wildman–Crippen LogP) is 1.85. The largest absolute Gasteiger partial charge is 0.507 e. The van der Waals surface area contributed by atoms with Crippen molar-refractivity contribution in [1.29, 1.82) is 0 Å². The quantitative estimate of drug-likeness (QED) is 0.866. The number of ether oxygens (including phenoxy) is 1. The fourth-order valence-electron chi connectivity index (χ4n) is 2.56. The Balaban J connectivity index is 2.20. The molecule has 1 fully saturated rings. The van der Waals surface area contributed by atoms with Gasteiger partial charge < -0.3 is 19.6 Å². The van der Waals surface area contributed by atoms with Crippen LogP contribution in [0.5, 0.6) is 5.75 Å². The number of phenolic OH excluding ortho intramolecular Hbond substituents is 1. The first-order valence-electron chi connectivity index (χ1n) is 7.62. The number of halogens is 2. The molecule has 1 aliphatic heterocycles. The molecule has 5 nitrogen and oxygen atoms in total. The number of amides is 1. The van der Waals surface area contributed by atoms with E-state index in [4.69, 9.17) is 4.74 Å². The molecule has 0 aliphatic carbocycles. The second kappa shape index (κ2) is 7.70. The highest BCUT2D eigenvalue weighted by atomic mass is 19.1. The van der Waals surface area contributed by atoms with Crippen LogP contribution >= 0.6 is 0 Å². The van der Waals surface area contributed by atoms with Crippen molar-refractivity contribution in [1.82, 2.24) is 9.80 Å². The Bertz CT molecular complexity index is 537. The van der Waals surface area contributed by atoms with Crippen LogP contribution in [-0.4, -0.2) is 67.3 Å². The maximum atomic E-state index is 13.9. The molecule has 0 bridgehead atoms. The molecule has 1 amide bonds. The first-order valence-corrected chi connectivity index (χ1v) is 7.62. The molecule has 0 saturated carbocycles. The summed E-state index contributed by atoms with van der Waals surface area (Å²) >= 11 is 0. The van der Waals surface area contributed by atoms with Gasteiger partial charge in [0.2, 0.25) is 0 Å². The van der Waals surface area contributed by atoms with Gasteiger partial charge in [0.15, 0.2) is 0 Å². The average molecular weight is 328 g/mol. The zero-order valence-corrected chi connectivity index (χ0v) is 13.4.